The van der Waals surface area contributed by atoms with Gasteiger partial charge < -0.3 is 15.2 Å². The number of benzene rings is 1. The summed E-state index contributed by atoms with van der Waals surface area (Å²) in [5, 5.41) is 10.1. The van der Waals surface area contributed by atoms with Gasteiger partial charge in [0.15, 0.2) is 0 Å². The van der Waals surface area contributed by atoms with Crippen molar-refractivity contribution in [2.45, 2.75) is 25.4 Å². The molecule has 3 aromatic rings. The first-order valence-corrected chi connectivity index (χ1v) is 9.51. The predicted molar refractivity (Wildman–Crippen MR) is 107 cm³/mol. The van der Waals surface area contributed by atoms with Gasteiger partial charge in [-0.25, -0.2) is 4.98 Å². The van der Waals surface area contributed by atoms with E-state index in [1.165, 1.54) is 0 Å². The molecule has 1 aromatic carbocycles. The molecule has 3 heterocycles. The second-order valence-corrected chi connectivity index (χ2v) is 7.60. The average Bonchev–Trinajstić information content (AvgIpc) is 3.01. The monoisotopic (exact) mass is 400 g/mol. The van der Waals surface area contributed by atoms with Crippen LogP contribution < -0.4 is 10.6 Å². The summed E-state index contributed by atoms with van der Waals surface area (Å²) in [6, 6.07) is 9.39. The molecule has 138 valence electrons. The highest BCUT2D eigenvalue weighted by molar-refractivity contribution is 6.38. The van der Waals surface area contributed by atoms with E-state index in [0.717, 1.165) is 43.1 Å². The number of rotatable bonds is 3. The summed E-state index contributed by atoms with van der Waals surface area (Å²) in [6.45, 7) is 2.14. The van der Waals surface area contributed by atoms with Gasteiger partial charge in [0.2, 0.25) is 5.95 Å². The smallest absolute Gasteiger partial charge is 0.207 e. The van der Waals surface area contributed by atoms with Crippen LogP contribution in [0, 0.1) is 11.3 Å². The highest BCUT2D eigenvalue weighted by Gasteiger charge is 2.24. The van der Waals surface area contributed by atoms with Crippen molar-refractivity contribution in [2.24, 2.45) is 5.73 Å². The van der Waals surface area contributed by atoms with E-state index in [1.807, 2.05) is 12.1 Å². The molecule has 0 radical (unpaired) electrons. The number of hydrogen-bond acceptors (Lipinski definition) is 5. The van der Waals surface area contributed by atoms with E-state index in [-0.39, 0.29) is 6.04 Å². The van der Waals surface area contributed by atoms with Crippen LogP contribution in [-0.4, -0.2) is 33.7 Å². The van der Waals surface area contributed by atoms with Crippen molar-refractivity contribution in [1.29, 1.82) is 5.26 Å². The second-order valence-electron chi connectivity index (χ2n) is 6.75. The average molecular weight is 401 g/mol. The summed E-state index contributed by atoms with van der Waals surface area (Å²) in [6.07, 6.45) is 3.61. The third kappa shape index (κ3) is 3.59. The molecule has 0 amide bonds. The molecule has 0 aliphatic carbocycles. The lowest BCUT2D eigenvalue weighted by atomic mass is 10.1. The van der Waals surface area contributed by atoms with Crippen molar-refractivity contribution in [3.8, 4) is 6.07 Å². The van der Waals surface area contributed by atoms with Crippen molar-refractivity contribution < 1.29 is 0 Å². The normalized spacial score (nSPS) is 17.3. The van der Waals surface area contributed by atoms with E-state index in [9.17, 15) is 0 Å². The fourth-order valence-corrected chi connectivity index (χ4v) is 4.00. The Hall–Kier alpha value is -2.33. The zero-order valence-electron chi connectivity index (χ0n) is 14.6. The molecule has 4 rings (SSSR count). The molecule has 1 saturated heterocycles. The van der Waals surface area contributed by atoms with E-state index in [1.54, 1.807) is 18.3 Å². The number of hydrogen-bond donors (Lipinski definition) is 1. The molecule has 0 bridgehead atoms. The van der Waals surface area contributed by atoms with Gasteiger partial charge in [0, 0.05) is 30.4 Å². The van der Waals surface area contributed by atoms with Crippen molar-refractivity contribution in [2.75, 3.05) is 18.0 Å². The van der Waals surface area contributed by atoms with Gasteiger partial charge >= 0.3 is 0 Å². The fraction of sp³-hybridized carbons (Fsp3) is 0.316. The minimum atomic E-state index is 0.124. The van der Waals surface area contributed by atoms with Gasteiger partial charge in [-0.1, -0.05) is 23.2 Å². The molecule has 0 unspecified atom stereocenters. The van der Waals surface area contributed by atoms with Gasteiger partial charge in [-0.15, -0.1) is 0 Å². The fourth-order valence-electron chi connectivity index (χ4n) is 3.47. The predicted octanol–water partition coefficient (Wildman–Crippen LogP) is 3.59. The lowest BCUT2D eigenvalue weighted by molar-refractivity contribution is 0.495. The lowest BCUT2D eigenvalue weighted by Gasteiger charge is -2.32. The van der Waals surface area contributed by atoms with Gasteiger partial charge in [-0.3, -0.25) is 4.98 Å². The third-order valence-electron chi connectivity index (χ3n) is 4.77. The van der Waals surface area contributed by atoms with Crippen molar-refractivity contribution >= 4 is 40.2 Å². The molecule has 0 saturated carbocycles. The van der Waals surface area contributed by atoms with Crippen LogP contribution >= 0.6 is 23.2 Å². The molecule has 2 aromatic heterocycles. The molecule has 1 fully saturated rings. The number of piperidine rings is 1. The number of pyridine rings is 1. The summed E-state index contributed by atoms with van der Waals surface area (Å²) in [5.41, 5.74) is 9.10. The Labute approximate surface area is 167 Å². The Morgan fingerprint density at radius 3 is 2.85 bits per heavy atom. The number of anilines is 1. The van der Waals surface area contributed by atoms with Crippen LogP contribution in [0.4, 0.5) is 5.95 Å². The zero-order chi connectivity index (χ0) is 19.0. The highest BCUT2D eigenvalue weighted by atomic mass is 35.5. The number of fused-ring (bicyclic) bond motifs is 1. The first kappa shape index (κ1) is 18.1. The summed E-state index contributed by atoms with van der Waals surface area (Å²) >= 11 is 12.6. The molecule has 6 nitrogen and oxygen atoms in total. The molecule has 1 aliphatic rings. The van der Waals surface area contributed by atoms with Gasteiger partial charge in [-0.05, 0) is 37.1 Å². The van der Waals surface area contributed by atoms with E-state index < -0.39 is 0 Å². The standard InChI is InChI=1S/C19H18Cl2N6/c20-13-6-16(21)18-17(7-13)27(11-15-4-3-12(8-22)9-24-15)19(25-18)26-5-1-2-14(23)10-26/h3-4,6-7,9,14H,1-2,5,10-11,23H2/t14-/m0/s1. The number of imidazole rings is 1. The number of nitriles is 1. The van der Waals surface area contributed by atoms with Crippen LogP contribution in [0.2, 0.25) is 10.0 Å². The van der Waals surface area contributed by atoms with Crippen LogP contribution in [0.25, 0.3) is 11.0 Å². The van der Waals surface area contributed by atoms with Gasteiger partial charge in [0.25, 0.3) is 0 Å². The van der Waals surface area contributed by atoms with Crippen molar-refractivity contribution in [3.05, 3.63) is 51.8 Å². The van der Waals surface area contributed by atoms with Crippen LogP contribution in [0.3, 0.4) is 0 Å². The number of nitrogens with two attached hydrogens (primary N) is 1. The minimum Gasteiger partial charge on any atom is -0.341 e. The number of aromatic nitrogens is 3. The van der Waals surface area contributed by atoms with E-state index >= 15 is 0 Å². The molecule has 2 N–H and O–H groups in total. The number of nitrogens with zero attached hydrogens (tertiary/aromatic N) is 5. The Bertz CT molecular complexity index is 1020. The molecule has 1 aliphatic heterocycles. The quantitative estimate of drug-likeness (QED) is 0.725. The lowest BCUT2D eigenvalue weighted by Crippen LogP contribution is -2.44. The first-order valence-electron chi connectivity index (χ1n) is 8.76. The molecular formula is C19H18Cl2N6. The minimum absolute atomic E-state index is 0.124. The molecule has 0 spiro atoms. The van der Waals surface area contributed by atoms with Gasteiger partial charge in [0.05, 0.1) is 28.3 Å². The Morgan fingerprint density at radius 2 is 2.15 bits per heavy atom. The van der Waals surface area contributed by atoms with E-state index in [4.69, 9.17) is 39.2 Å². The van der Waals surface area contributed by atoms with Crippen LogP contribution in [0.1, 0.15) is 24.1 Å². The Kier molecular flexibility index (Phi) is 4.92. The Morgan fingerprint density at radius 1 is 1.30 bits per heavy atom. The summed E-state index contributed by atoms with van der Waals surface area (Å²) < 4.78 is 2.07. The molecular weight excluding hydrogens is 383 g/mol. The summed E-state index contributed by atoms with van der Waals surface area (Å²) in [7, 11) is 0. The third-order valence-corrected chi connectivity index (χ3v) is 5.27. The van der Waals surface area contributed by atoms with Crippen molar-refractivity contribution in [3.63, 3.8) is 0 Å². The zero-order valence-corrected chi connectivity index (χ0v) is 16.1. The van der Waals surface area contributed by atoms with Crippen LogP contribution in [0.15, 0.2) is 30.5 Å². The van der Waals surface area contributed by atoms with E-state index in [0.29, 0.717) is 27.7 Å². The summed E-state index contributed by atoms with van der Waals surface area (Å²) in [5.74, 6) is 0.815. The van der Waals surface area contributed by atoms with Gasteiger partial charge in [0.1, 0.15) is 11.6 Å². The molecule has 8 heteroatoms. The topological polar surface area (TPSA) is 83.8 Å². The Balaban J connectivity index is 1.82. The maximum Gasteiger partial charge on any atom is 0.207 e. The largest absolute Gasteiger partial charge is 0.341 e. The second kappa shape index (κ2) is 7.35. The first-order chi connectivity index (χ1) is 13.0. The maximum absolute atomic E-state index is 8.97. The molecule has 27 heavy (non-hydrogen) atoms. The number of halogens is 2. The van der Waals surface area contributed by atoms with Crippen molar-refractivity contribution in [1.82, 2.24) is 14.5 Å². The van der Waals surface area contributed by atoms with E-state index in [2.05, 4.69) is 20.5 Å². The maximum atomic E-state index is 8.97. The van der Waals surface area contributed by atoms with Crippen LogP contribution in [-0.2, 0) is 6.54 Å². The summed E-state index contributed by atoms with van der Waals surface area (Å²) in [4.78, 5) is 11.4. The molecule has 1 atom stereocenters. The SMILES string of the molecule is N#Cc1ccc(Cn2c(N3CCC[C@H](N)C3)nc3c(Cl)cc(Cl)cc32)nc1. The highest BCUT2D eigenvalue weighted by Crippen LogP contribution is 2.32. The van der Waals surface area contributed by atoms with Gasteiger partial charge in [-0.2, -0.15) is 5.26 Å². The van der Waals surface area contributed by atoms with Crippen LogP contribution in [0.5, 0.6) is 0 Å².